The number of amides is 3. The van der Waals surface area contributed by atoms with Crippen molar-refractivity contribution >= 4 is 28.5 Å². The SMILES string of the molecule is Cn1nc(C2NC(=O)NC(=O)C2F)c2c(C3CCC(N4CCN(C[C@@H]5CCCC[C@H]5CN5CCN(c6ccc([C@@H]7c8ccc(O)cc8CC[C@@H]7c7ccccc7)cc6)CC5)CC4)CC3)cccc21. The maximum absolute atomic E-state index is 15.2. The summed E-state index contributed by atoms with van der Waals surface area (Å²) < 4.78 is 17.0. The van der Waals surface area contributed by atoms with Crippen molar-refractivity contribution < 1.29 is 19.1 Å². The van der Waals surface area contributed by atoms with Gasteiger partial charge in [-0.3, -0.25) is 24.6 Å². The average molecular weight is 921 g/mol. The number of phenolic OH excluding ortho intramolecular Hbond substituents is 1. The summed E-state index contributed by atoms with van der Waals surface area (Å²) in [6, 6.07) is 31.4. The van der Waals surface area contributed by atoms with E-state index in [0.717, 1.165) is 119 Å². The zero-order valence-corrected chi connectivity index (χ0v) is 39.7. The number of aromatic hydroxyl groups is 1. The van der Waals surface area contributed by atoms with Crippen molar-refractivity contribution in [3.05, 3.63) is 125 Å². The van der Waals surface area contributed by atoms with Gasteiger partial charge in [0.05, 0.1) is 11.2 Å². The van der Waals surface area contributed by atoms with E-state index in [1.54, 1.807) is 4.68 Å². The van der Waals surface area contributed by atoms with Gasteiger partial charge in [-0.05, 0) is 133 Å². The second-order valence-corrected chi connectivity index (χ2v) is 21.0. The van der Waals surface area contributed by atoms with E-state index in [9.17, 15) is 14.7 Å². The molecule has 3 aliphatic heterocycles. The van der Waals surface area contributed by atoms with Gasteiger partial charge in [0.15, 0.2) is 0 Å². The number of alkyl halides is 1. The normalized spacial score (nSPS) is 28.8. The Morgan fingerprint density at radius 1 is 0.706 bits per heavy atom. The van der Waals surface area contributed by atoms with E-state index in [-0.39, 0.29) is 5.92 Å². The number of imide groups is 1. The number of halogens is 1. The molecule has 358 valence electrons. The van der Waals surface area contributed by atoms with Gasteiger partial charge in [-0.25, -0.2) is 9.18 Å². The highest BCUT2D eigenvalue weighted by Gasteiger charge is 2.41. The Balaban J connectivity index is 0.660. The van der Waals surface area contributed by atoms with Crippen molar-refractivity contribution in [2.75, 3.05) is 70.3 Å². The molecule has 12 heteroatoms. The molecule has 11 nitrogen and oxygen atoms in total. The average Bonchev–Trinajstić information content (AvgIpc) is 3.72. The monoisotopic (exact) mass is 921 g/mol. The van der Waals surface area contributed by atoms with Crippen molar-refractivity contribution in [3.8, 4) is 5.75 Å². The van der Waals surface area contributed by atoms with E-state index < -0.39 is 24.2 Å². The number of aryl methyl sites for hydroxylation is 2. The predicted molar refractivity (Wildman–Crippen MR) is 266 cm³/mol. The molecule has 4 aromatic carbocycles. The minimum atomic E-state index is -1.89. The number of carbonyl (C=O) groups is 2. The molecule has 6 aliphatic rings. The molecule has 5 fully saturated rings. The number of fused-ring (bicyclic) bond motifs is 2. The molecule has 4 heterocycles. The topological polar surface area (TPSA) is 109 Å². The van der Waals surface area contributed by atoms with Crippen LogP contribution in [0.2, 0.25) is 0 Å². The van der Waals surface area contributed by atoms with E-state index in [1.807, 2.05) is 30.6 Å². The lowest BCUT2D eigenvalue weighted by atomic mass is 9.69. The van der Waals surface area contributed by atoms with Crippen molar-refractivity contribution in [2.24, 2.45) is 18.9 Å². The number of phenols is 1. The number of carbonyl (C=O) groups excluding carboxylic acids is 2. The number of hydrogen-bond acceptors (Lipinski definition) is 8. The summed E-state index contributed by atoms with van der Waals surface area (Å²) in [6.07, 6.45) is 9.98. The molecule has 3 aliphatic carbocycles. The Morgan fingerprint density at radius 2 is 1.40 bits per heavy atom. The Hall–Kier alpha value is -5.30. The largest absolute Gasteiger partial charge is 0.508 e. The first-order chi connectivity index (χ1) is 33.2. The van der Waals surface area contributed by atoms with Crippen LogP contribution < -0.4 is 15.5 Å². The van der Waals surface area contributed by atoms with Crippen LogP contribution in [-0.4, -0.2) is 119 Å². The van der Waals surface area contributed by atoms with Crippen LogP contribution in [0.5, 0.6) is 5.75 Å². The van der Waals surface area contributed by atoms with Crippen molar-refractivity contribution in [3.63, 3.8) is 0 Å². The number of hydrogen-bond donors (Lipinski definition) is 3. The van der Waals surface area contributed by atoms with Gasteiger partial charge in [-0.1, -0.05) is 73.5 Å². The van der Waals surface area contributed by atoms with Gasteiger partial charge >= 0.3 is 6.03 Å². The molecule has 3 N–H and O–H groups in total. The van der Waals surface area contributed by atoms with Crippen LogP contribution in [0.25, 0.3) is 10.9 Å². The maximum atomic E-state index is 15.2. The zero-order chi connectivity index (χ0) is 46.3. The molecule has 0 spiro atoms. The third-order valence-corrected chi connectivity index (χ3v) is 17.2. The fourth-order valence-electron chi connectivity index (χ4n) is 13.6. The molecule has 0 radical (unpaired) electrons. The Morgan fingerprint density at radius 3 is 2.10 bits per heavy atom. The lowest BCUT2D eigenvalue weighted by molar-refractivity contribution is -0.127. The molecule has 2 unspecified atom stereocenters. The summed E-state index contributed by atoms with van der Waals surface area (Å²) in [7, 11) is 1.84. The maximum Gasteiger partial charge on any atom is 0.322 e. The third kappa shape index (κ3) is 9.16. The lowest BCUT2D eigenvalue weighted by Crippen LogP contribution is -2.55. The first kappa shape index (κ1) is 45.2. The van der Waals surface area contributed by atoms with Gasteiger partial charge in [0.2, 0.25) is 6.17 Å². The van der Waals surface area contributed by atoms with E-state index in [0.29, 0.717) is 29.3 Å². The predicted octanol–water partition coefficient (Wildman–Crippen LogP) is 8.63. The van der Waals surface area contributed by atoms with E-state index >= 15 is 4.39 Å². The minimum Gasteiger partial charge on any atom is -0.508 e. The first-order valence-corrected chi connectivity index (χ1v) is 25.9. The number of nitrogens with one attached hydrogen (secondary N) is 2. The molecule has 2 saturated carbocycles. The molecular weight excluding hydrogens is 852 g/mol. The summed E-state index contributed by atoms with van der Waals surface area (Å²) in [4.78, 5) is 35.4. The summed E-state index contributed by atoms with van der Waals surface area (Å²) in [5, 5.41) is 20.5. The minimum absolute atomic E-state index is 0.269. The second-order valence-electron chi connectivity index (χ2n) is 21.0. The molecule has 6 atom stereocenters. The Labute approximate surface area is 401 Å². The van der Waals surface area contributed by atoms with Crippen LogP contribution in [0.4, 0.5) is 14.9 Å². The number of nitrogens with zero attached hydrogens (tertiary/aromatic N) is 6. The fourth-order valence-corrected chi connectivity index (χ4v) is 13.6. The van der Waals surface area contributed by atoms with Crippen LogP contribution in [0.15, 0.2) is 91.0 Å². The highest BCUT2D eigenvalue weighted by atomic mass is 19.1. The van der Waals surface area contributed by atoms with Gasteiger partial charge in [0.1, 0.15) is 11.8 Å². The molecule has 3 amide bonds. The van der Waals surface area contributed by atoms with Gasteiger partial charge in [-0.15, -0.1) is 0 Å². The molecule has 68 heavy (non-hydrogen) atoms. The van der Waals surface area contributed by atoms with Gasteiger partial charge < -0.3 is 20.2 Å². The van der Waals surface area contributed by atoms with E-state index in [1.165, 1.54) is 66.7 Å². The number of aromatic nitrogens is 2. The number of benzene rings is 4. The van der Waals surface area contributed by atoms with Crippen LogP contribution in [0.3, 0.4) is 0 Å². The summed E-state index contributed by atoms with van der Waals surface area (Å²) in [6.45, 7) is 11.4. The summed E-state index contributed by atoms with van der Waals surface area (Å²) in [5.41, 5.74) is 9.20. The number of anilines is 1. The van der Waals surface area contributed by atoms with Gasteiger partial charge in [-0.2, -0.15) is 5.10 Å². The molecule has 11 rings (SSSR count). The van der Waals surface area contributed by atoms with Crippen LogP contribution in [0, 0.1) is 11.8 Å². The summed E-state index contributed by atoms with van der Waals surface area (Å²) in [5.74, 6) is 1.99. The molecule has 1 aromatic heterocycles. The third-order valence-electron chi connectivity index (χ3n) is 17.2. The highest BCUT2D eigenvalue weighted by molar-refractivity contribution is 6.00. The van der Waals surface area contributed by atoms with Crippen molar-refractivity contribution in [2.45, 2.75) is 100 Å². The van der Waals surface area contributed by atoms with Gasteiger partial charge in [0, 0.05) is 95.5 Å². The summed E-state index contributed by atoms with van der Waals surface area (Å²) >= 11 is 0. The number of urea groups is 1. The lowest BCUT2D eigenvalue weighted by Gasteiger charge is -2.45. The number of piperazine rings is 2. The number of rotatable bonds is 10. The van der Waals surface area contributed by atoms with Crippen molar-refractivity contribution in [1.82, 2.24) is 35.1 Å². The molecular formula is C56H69FN8O3. The molecule has 3 saturated heterocycles. The van der Waals surface area contributed by atoms with Crippen LogP contribution >= 0.6 is 0 Å². The van der Waals surface area contributed by atoms with Crippen molar-refractivity contribution in [1.29, 1.82) is 0 Å². The van der Waals surface area contributed by atoms with Gasteiger partial charge in [0.25, 0.3) is 5.91 Å². The molecule has 5 aromatic rings. The smallest absolute Gasteiger partial charge is 0.322 e. The fraction of sp³-hybridized carbons (Fsp3) is 0.518. The van der Waals surface area contributed by atoms with E-state index in [2.05, 4.69) is 103 Å². The highest BCUT2D eigenvalue weighted by Crippen LogP contribution is 2.47. The molecule has 0 bridgehead atoms. The standard InChI is InChI=1S/C56H69FN8O3/c1-61-49-13-7-12-46(51(49)53(60-61)54-52(57)55(67)59-56(68)58-54)38-14-19-43(20-15-38)64-30-26-62(27-31-64)35-41-10-5-6-11-42(41)36-63-28-32-65(33-29-63)44-21-16-39(17-22-44)50-47(37-8-3-2-4-9-37)24-18-40-34-45(66)23-25-48(40)50/h2-4,7-9,12-13,16-17,21-23,25,34,38,41-43,47,50,52,54,66H,5-6,10-11,14-15,18-20,24,26-33,35-36H2,1H3,(H2,58,59,67,68)/t38?,41-,42-,43?,47+,50-,52?,54?/m0/s1. The van der Waals surface area contributed by atoms with Crippen LogP contribution in [0.1, 0.15) is 115 Å². The second kappa shape index (κ2) is 19.6. The first-order valence-electron chi connectivity index (χ1n) is 25.9. The zero-order valence-electron chi connectivity index (χ0n) is 39.7. The van der Waals surface area contributed by atoms with Crippen LogP contribution in [-0.2, 0) is 18.3 Å². The van der Waals surface area contributed by atoms with E-state index in [4.69, 9.17) is 0 Å². The quantitative estimate of drug-likeness (QED) is 0.128. The Bertz CT molecular complexity index is 2560. The Kier molecular flexibility index (Phi) is 13.0.